The molecule has 1 N–H and O–H groups in total. The second-order valence-electron chi connectivity index (χ2n) is 6.57. The summed E-state index contributed by atoms with van der Waals surface area (Å²) in [4.78, 5) is 0.396. The smallest absolute Gasteiger partial charge is 0.246 e. The number of aryl methyl sites for hydroxylation is 2. The van der Waals surface area contributed by atoms with Gasteiger partial charge in [-0.1, -0.05) is 0 Å². The lowest BCUT2D eigenvalue weighted by atomic mass is 9.89. The van der Waals surface area contributed by atoms with E-state index >= 15 is 0 Å². The molecule has 1 atom stereocenters. The molecule has 1 aromatic heterocycles. The van der Waals surface area contributed by atoms with Gasteiger partial charge >= 0.3 is 0 Å². The Balaban J connectivity index is 0.00000192. The SMILES string of the molecule is Cc1nn(C)c(C)c1S(=O)(=O)N1CCC(C2CCCN2)CC1.Cl. The van der Waals surface area contributed by atoms with Crippen LogP contribution in [0, 0.1) is 19.8 Å². The van der Waals surface area contributed by atoms with E-state index in [1.807, 2.05) is 6.92 Å². The van der Waals surface area contributed by atoms with Crippen LogP contribution in [-0.4, -0.2) is 48.2 Å². The zero-order valence-corrected chi connectivity index (χ0v) is 15.7. The van der Waals surface area contributed by atoms with E-state index in [-0.39, 0.29) is 12.4 Å². The van der Waals surface area contributed by atoms with Gasteiger partial charge < -0.3 is 5.32 Å². The molecule has 8 heteroatoms. The largest absolute Gasteiger partial charge is 0.314 e. The summed E-state index contributed by atoms with van der Waals surface area (Å²) >= 11 is 0. The van der Waals surface area contributed by atoms with Crippen molar-refractivity contribution in [2.75, 3.05) is 19.6 Å². The molecule has 0 spiro atoms. The second kappa shape index (κ2) is 7.09. The molecule has 3 rings (SSSR count). The number of hydrogen-bond donors (Lipinski definition) is 1. The Hall–Kier alpha value is -0.630. The van der Waals surface area contributed by atoms with E-state index in [0.29, 0.717) is 35.6 Å². The first-order chi connectivity index (χ1) is 10.4. The zero-order valence-electron chi connectivity index (χ0n) is 14.1. The van der Waals surface area contributed by atoms with Gasteiger partial charge in [0.05, 0.1) is 11.4 Å². The highest BCUT2D eigenvalue weighted by Gasteiger charge is 2.35. The van der Waals surface area contributed by atoms with Crippen LogP contribution in [0.15, 0.2) is 4.90 Å². The van der Waals surface area contributed by atoms with Gasteiger partial charge in [0.1, 0.15) is 4.90 Å². The summed E-state index contributed by atoms with van der Waals surface area (Å²) in [6.45, 7) is 5.95. The summed E-state index contributed by atoms with van der Waals surface area (Å²) in [5.41, 5.74) is 1.32. The van der Waals surface area contributed by atoms with Crippen LogP contribution in [0.2, 0.25) is 0 Å². The van der Waals surface area contributed by atoms with Gasteiger partial charge in [-0.15, -0.1) is 12.4 Å². The molecule has 0 radical (unpaired) electrons. The monoisotopic (exact) mass is 362 g/mol. The number of piperidine rings is 1. The summed E-state index contributed by atoms with van der Waals surface area (Å²) in [5, 5.41) is 7.80. The van der Waals surface area contributed by atoms with E-state index in [0.717, 1.165) is 25.1 Å². The molecule has 23 heavy (non-hydrogen) atoms. The standard InChI is InChI=1S/C15H26N4O2S.ClH/c1-11-15(12(2)18(3)17-11)22(20,21)19-9-6-13(7-10-19)14-5-4-8-16-14;/h13-14,16H,4-10H2,1-3H3;1H. The van der Waals surface area contributed by atoms with Crippen molar-refractivity contribution in [3.05, 3.63) is 11.4 Å². The van der Waals surface area contributed by atoms with Crippen molar-refractivity contribution in [2.45, 2.75) is 50.5 Å². The molecule has 0 saturated carbocycles. The minimum absolute atomic E-state index is 0. The predicted molar refractivity (Wildman–Crippen MR) is 92.4 cm³/mol. The van der Waals surface area contributed by atoms with E-state index in [2.05, 4.69) is 10.4 Å². The van der Waals surface area contributed by atoms with E-state index < -0.39 is 10.0 Å². The average molecular weight is 363 g/mol. The summed E-state index contributed by atoms with van der Waals surface area (Å²) < 4.78 is 29.2. The third kappa shape index (κ3) is 3.43. The quantitative estimate of drug-likeness (QED) is 0.887. The van der Waals surface area contributed by atoms with Gasteiger partial charge in [-0.05, 0) is 52.0 Å². The Bertz CT molecular complexity index is 645. The normalized spacial score (nSPS) is 23.9. The fraction of sp³-hybridized carbons (Fsp3) is 0.800. The fourth-order valence-corrected chi connectivity index (χ4v) is 5.76. The second-order valence-corrected chi connectivity index (χ2v) is 8.44. The highest BCUT2D eigenvalue weighted by molar-refractivity contribution is 7.89. The van der Waals surface area contributed by atoms with Gasteiger partial charge in [-0.3, -0.25) is 4.68 Å². The maximum Gasteiger partial charge on any atom is 0.246 e. The van der Waals surface area contributed by atoms with E-state index in [1.54, 1.807) is 23.0 Å². The molecule has 1 unspecified atom stereocenters. The topological polar surface area (TPSA) is 67.2 Å². The number of aromatic nitrogens is 2. The summed E-state index contributed by atoms with van der Waals surface area (Å²) in [6, 6.07) is 0.590. The molecule has 6 nitrogen and oxygen atoms in total. The third-order valence-electron chi connectivity index (χ3n) is 5.21. The maximum atomic E-state index is 12.9. The minimum atomic E-state index is -3.42. The van der Waals surface area contributed by atoms with Crippen molar-refractivity contribution in [3.63, 3.8) is 0 Å². The number of nitrogens with zero attached hydrogens (tertiary/aromatic N) is 3. The first-order valence-electron chi connectivity index (χ1n) is 8.15. The highest BCUT2D eigenvalue weighted by atomic mass is 35.5. The van der Waals surface area contributed by atoms with Gasteiger partial charge in [0.25, 0.3) is 0 Å². The Kier molecular flexibility index (Phi) is 5.76. The van der Waals surface area contributed by atoms with Gasteiger partial charge in [0.2, 0.25) is 10.0 Å². The number of hydrogen-bond acceptors (Lipinski definition) is 4. The van der Waals surface area contributed by atoms with Crippen molar-refractivity contribution < 1.29 is 8.42 Å². The van der Waals surface area contributed by atoms with Gasteiger partial charge in [-0.2, -0.15) is 9.40 Å². The molecular weight excluding hydrogens is 336 g/mol. The van der Waals surface area contributed by atoms with Crippen LogP contribution in [0.3, 0.4) is 0 Å². The molecule has 132 valence electrons. The Morgan fingerprint density at radius 2 is 1.83 bits per heavy atom. The summed E-state index contributed by atoms with van der Waals surface area (Å²) in [6.07, 6.45) is 4.39. The molecular formula is C15H27ClN4O2S. The van der Waals surface area contributed by atoms with Crippen molar-refractivity contribution in [1.82, 2.24) is 19.4 Å². The van der Waals surface area contributed by atoms with Gasteiger partial charge in [0, 0.05) is 26.2 Å². The number of nitrogens with one attached hydrogen (secondary N) is 1. The van der Waals surface area contributed by atoms with Crippen LogP contribution in [0.1, 0.15) is 37.1 Å². The molecule has 2 fully saturated rings. The predicted octanol–water partition coefficient (Wildman–Crippen LogP) is 1.61. The lowest BCUT2D eigenvalue weighted by molar-refractivity contribution is 0.234. The number of rotatable bonds is 3. The Labute approximate surface area is 145 Å². The summed E-state index contributed by atoms with van der Waals surface area (Å²) in [5.74, 6) is 0.616. The first kappa shape index (κ1) is 18.7. The minimum Gasteiger partial charge on any atom is -0.314 e. The molecule has 1 aromatic rings. The average Bonchev–Trinajstić information content (AvgIpc) is 3.08. The third-order valence-corrected chi connectivity index (χ3v) is 7.36. The number of halogens is 1. The van der Waals surface area contributed by atoms with Crippen LogP contribution in [-0.2, 0) is 17.1 Å². The molecule has 0 aromatic carbocycles. The van der Waals surface area contributed by atoms with Crippen LogP contribution >= 0.6 is 12.4 Å². The Morgan fingerprint density at radius 1 is 1.17 bits per heavy atom. The van der Waals surface area contributed by atoms with Crippen LogP contribution in [0.4, 0.5) is 0 Å². The van der Waals surface area contributed by atoms with E-state index in [1.165, 1.54) is 12.8 Å². The van der Waals surface area contributed by atoms with Crippen molar-refractivity contribution >= 4 is 22.4 Å². The van der Waals surface area contributed by atoms with Crippen molar-refractivity contribution in [1.29, 1.82) is 0 Å². The fourth-order valence-electron chi connectivity index (χ4n) is 3.89. The highest BCUT2D eigenvalue weighted by Crippen LogP contribution is 2.30. The van der Waals surface area contributed by atoms with Gasteiger partial charge in [0.15, 0.2) is 0 Å². The molecule has 2 aliphatic heterocycles. The lowest BCUT2D eigenvalue weighted by Crippen LogP contribution is -2.43. The van der Waals surface area contributed by atoms with Crippen LogP contribution in [0.25, 0.3) is 0 Å². The van der Waals surface area contributed by atoms with E-state index in [9.17, 15) is 8.42 Å². The van der Waals surface area contributed by atoms with Gasteiger partial charge in [-0.25, -0.2) is 8.42 Å². The zero-order chi connectivity index (χ0) is 15.9. The van der Waals surface area contributed by atoms with Crippen LogP contribution in [0.5, 0.6) is 0 Å². The van der Waals surface area contributed by atoms with Crippen molar-refractivity contribution in [3.8, 4) is 0 Å². The van der Waals surface area contributed by atoms with Crippen LogP contribution < -0.4 is 5.32 Å². The first-order valence-corrected chi connectivity index (χ1v) is 9.59. The molecule has 3 heterocycles. The molecule has 2 saturated heterocycles. The van der Waals surface area contributed by atoms with Crippen molar-refractivity contribution in [2.24, 2.45) is 13.0 Å². The van der Waals surface area contributed by atoms with E-state index in [4.69, 9.17) is 0 Å². The molecule has 0 bridgehead atoms. The summed E-state index contributed by atoms with van der Waals surface area (Å²) in [7, 11) is -1.63. The molecule has 0 amide bonds. The molecule has 2 aliphatic rings. The maximum absolute atomic E-state index is 12.9. The Morgan fingerprint density at radius 3 is 2.30 bits per heavy atom. The lowest BCUT2D eigenvalue weighted by Gasteiger charge is -2.34. The number of sulfonamides is 1. The molecule has 0 aliphatic carbocycles.